The molecule has 0 saturated heterocycles. The van der Waals surface area contributed by atoms with Crippen molar-refractivity contribution in [3.63, 3.8) is 0 Å². The zero-order valence-electron chi connectivity index (χ0n) is 14.5. The van der Waals surface area contributed by atoms with E-state index in [0.717, 1.165) is 16.7 Å². The van der Waals surface area contributed by atoms with Crippen molar-refractivity contribution in [2.24, 2.45) is 0 Å². The quantitative estimate of drug-likeness (QED) is 0.704. The summed E-state index contributed by atoms with van der Waals surface area (Å²) in [5.74, 6) is 0. The number of nitrogens with zero attached hydrogens (tertiary/aromatic N) is 3. The molecule has 6 heteroatoms. The van der Waals surface area contributed by atoms with Gasteiger partial charge in [-0.2, -0.15) is 9.57 Å². The van der Waals surface area contributed by atoms with Crippen LogP contribution in [0.15, 0.2) is 78.0 Å². The van der Waals surface area contributed by atoms with Crippen LogP contribution in [-0.4, -0.2) is 24.3 Å². The SMILES string of the molecule is N#Cc1ccccc1S(=O)(=O)N1CCc2ccccc2C1c1cccnc1. The second-order valence-electron chi connectivity index (χ2n) is 6.36. The number of hydrogen-bond donors (Lipinski definition) is 0. The van der Waals surface area contributed by atoms with Gasteiger partial charge in [-0.1, -0.05) is 42.5 Å². The Bertz CT molecular complexity index is 1120. The second kappa shape index (κ2) is 6.95. The number of aromatic nitrogens is 1. The Balaban J connectivity index is 1.90. The van der Waals surface area contributed by atoms with Crippen LogP contribution in [0.4, 0.5) is 0 Å². The lowest BCUT2D eigenvalue weighted by atomic mass is 9.91. The largest absolute Gasteiger partial charge is 0.264 e. The lowest BCUT2D eigenvalue weighted by Crippen LogP contribution is -2.40. The maximum Gasteiger partial charge on any atom is 0.245 e. The summed E-state index contributed by atoms with van der Waals surface area (Å²) in [6.07, 6.45) is 3.99. The number of benzene rings is 2. The van der Waals surface area contributed by atoms with Crippen LogP contribution in [0.5, 0.6) is 0 Å². The molecule has 2 heterocycles. The third-order valence-corrected chi connectivity index (χ3v) is 6.76. The maximum atomic E-state index is 13.5. The van der Waals surface area contributed by atoms with Crippen LogP contribution in [0.3, 0.4) is 0 Å². The summed E-state index contributed by atoms with van der Waals surface area (Å²) in [6.45, 7) is 0.346. The Labute approximate surface area is 158 Å². The molecule has 0 saturated carbocycles. The Kier molecular flexibility index (Phi) is 4.48. The summed E-state index contributed by atoms with van der Waals surface area (Å²) < 4.78 is 28.5. The monoisotopic (exact) mass is 375 g/mol. The lowest BCUT2D eigenvalue weighted by molar-refractivity contribution is 0.343. The van der Waals surface area contributed by atoms with Gasteiger partial charge in [0.15, 0.2) is 0 Å². The fraction of sp³-hybridized carbons (Fsp3) is 0.143. The minimum atomic E-state index is -3.86. The standard InChI is InChI=1S/C21H17N3O2S/c22-14-17-7-2-4-10-20(17)27(25,26)24-13-11-16-6-1-3-9-19(16)21(24)18-8-5-12-23-15-18/h1-10,12,15,21H,11,13H2. The van der Waals surface area contributed by atoms with E-state index in [-0.39, 0.29) is 10.5 Å². The average molecular weight is 375 g/mol. The lowest BCUT2D eigenvalue weighted by Gasteiger charge is -2.36. The van der Waals surface area contributed by atoms with Crippen LogP contribution in [0.2, 0.25) is 0 Å². The zero-order chi connectivity index (χ0) is 18.9. The zero-order valence-corrected chi connectivity index (χ0v) is 15.3. The summed E-state index contributed by atoms with van der Waals surface area (Å²) in [7, 11) is -3.86. The van der Waals surface area contributed by atoms with Crippen LogP contribution in [-0.2, 0) is 16.4 Å². The van der Waals surface area contributed by atoms with Crippen molar-refractivity contribution >= 4 is 10.0 Å². The minimum absolute atomic E-state index is 0.0424. The van der Waals surface area contributed by atoms with E-state index in [1.165, 1.54) is 16.4 Å². The molecule has 5 nitrogen and oxygen atoms in total. The predicted molar refractivity (Wildman–Crippen MR) is 101 cm³/mol. The highest BCUT2D eigenvalue weighted by Gasteiger charge is 2.38. The van der Waals surface area contributed by atoms with Gasteiger partial charge in [0.1, 0.15) is 6.07 Å². The molecule has 1 unspecified atom stereocenters. The van der Waals surface area contributed by atoms with Gasteiger partial charge >= 0.3 is 0 Å². The Morgan fingerprint density at radius 2 is 1.81 bits per heavy atom. The number of sulfonamides is 1. The molecule has 2 aromatic carbocycles. The van der Waals surface area contributed by atoms with Crippen LogP contribution in [0.1, 0.15) is 28.3 Å². The van der Waals surface area contributed by atoms with E-state index in [4.69, 9.17) is 0 Å². The number of fused-ring (bicyclic) bond motifs is 1. The maximum absolute atomic E-state index is 13.5. The minimum Gasteiger partial charge on any atom is -0.264 e. The van der Waals surface area contributed by atoms with Crippen molar-refractivity contribution in [2.45, 2.75) is 17.4 Å². The first-order valence-electron chi connectivity index (χ1n) is 8.61. The van der Waals surface area contributed by atoms with E-state index in [9.17, 15) is 13.7 Å². The van der Waals surface area contributed by atoms with Crippen LogP contribution >= 0.6 is 0 Å². The summed E-state index contributed by atoms with van der Waals surface area (Å²) in [5, 5.41) is 9.38. The molecular formula is C21H17N3O2S. The van der Waals surface area contributed by atoms with E-state index in [1.54, 1.807) is 30.6 Å². The summed E-state index contributed by atoms with van der Waals surface area (Å²) in [4.78, 5) is 4.22. The highest BCUT2D eigenvalue weighted by Crippen LogP contribution is 2.38. The van der Waals surface area contributed by atoms with Gasteiger partial charge in [0, 0.05) is 18.9 Å². The summed E-state index contributed by atoms with van der Waals surface area (Å²) >= 11 is 0. The van der Waals surface area contributed by atoms with Crippen molar-refractivity contribution in [1.29, 1.82) is 5.26 Å². The number of pyridine rings is 1. The molecule has 0 spiro atoms. The predicted octanol–water partition coefficient (Wildman–Crippen LogP) is 3.29. The van der Waals surface area contributed by atoms with E-state index < -0.39 is 16.1 Å². The molecule has 0 fully saturated rings. The molecule has 1 aliphatic rings. The number of nitriles is 1. The van der Waals surface area contributed by atoms with Crippen molar-refractivity contribution in [2.75, 3.05) is 6.54 Å². The Morgan fingerprint density at radius 3 is 2.59 bits per heavy atom. The topological polar surface area (TPSA) is 74.1 Å². The summed E-state index contributed by atoms with van der Waals surface area (Å²) in [5.41, 5.74) is 3.05. The fourth-order valence-corrected chi connectivity index (χ4v) is 5.34. The first-order valence-corrected chi connectivity index (χ1v) is 10.1. The van der Waals surface area contributed by atoms with Crippen molar-refractivity contribution in [1.82, 2.24) is 9.29 Å². The Morgan fingerprint density at radius 1 is 1.04 bits per heavy atom. The highest BCUT2D eigenvalue weighted by atomic mass is 32.2. The van der Waals surface area contributed by atoms with Gasteiger partial charge in [-0.05, 0) is 41.3 Å². The van der Waals surface area contributed by atoms with Gasteiger partial charge in [-0.25, -0.2) is 8.42 Å². The molecule has 1 aliphatic heterocycles. The van der Waals surface area contributed by atoms with Gasteiger partial charge < -0.3 is 0 Å². The molecular weight excluding hydrogens is 358 g/mol. The Hall–Kier alpha value is -3.01. The second-order valence-corrected chi connectivity index (χ2v) is 8.22. The molecule has 0 bridgehead atoms. The van der Waals surface area contributed by atoms with Crippen molar-refractivity contribution in [3.05, 3.63) is 95.3 Å². The molecule has 0 N–H and O–H groups in total. The van der Waals surface area contributed by atoms with Gasteiger partial charge in [-0.15, -0.1) is 0 Å². The van der Waals surface area contributed by atoms with E-state index >= 15 is 0 Å². The molecule has 1 aromatic heterocycles. The molecule has 3 aromatic rings. The molecule has 134 valence electrons. The van der Waals surface area contributed by atoms with Gasteiger partial charge in [0.2, 0.25) is 10.0 Å². The molecule has 0 aliphatic carbocycles. The van der Waals surface area contributed by atoms with Crippen LogP contribution in [0, 0.1) is 11.3 Å². The normalized spacial score (nSPS) is 17.1. The first kappa shape index (κ1) is 17.4. The fourth-order valence-electron chi connectivity index (χ4n) is 3.60. The molecule has 1 atom stereocenters. The van der Waals surface area contributed by atoms with Gasteiger partial charge in [0.05, 0.1) is 16.5 Å². The molecule has 4 rings (SSSR count). The van der Waals surface area contributed by atoms with Gasteiger partial charge in [0.25, 0.3) is 0 Å². The third kappa shape index (κ3) is 3.01. The smallest absolute Gasteiger partial charge is 0.245 e. The van der Waals surface area contributed by atoms with Crippen molar-refractivity contribution < 1.29 is 8.42 Å². The van der Waals surface area contributed by atoms with E-state index in [1.807, 2.05) is 36.4 Å². The van der Waals surface area contributed by atoms with Crippen LogP contribution in [0.25, 0.3) is 0 Å². The van der Waals surface area contributed by atoms with E-state index in [0.29, 0.717) is 13.0 Å². The van der Waals surface area contributed by atoms with Gasteiger partial charge in [-0.3, -0.25) is 4.98 Å². The first-order chi connectivity index (χ1) is 13.1. The molecule has 0 radical (unpaired) electrons. The highest BCUT2D eigenvalue weighted by molar-refractivity contribution is 7.89. The molecule has 0 amide bonds. The summed E-state index contributed by atoms with van der Waals surface area (Å²) in [6, 6.07) is 19.4. The van der Waals surface area contributed by atoms with Crippen LogP contribution < -0.4 is 0 Å². The van der Waals surface area contributed by atoms with Crippen molar-refractivity contribution in [3.8, 4) is 6.07 Å². The third-order valence-electron chi connectivity index (χ3n) is 4.83. The average Bonchev–Trinajstić information content (AvgIpc) is 2.73. The number of rotatable bonds is 3. The van der Waals surface area contributed by atoms with E-state index in [2.05, 4.69) is 4.98 Å². The number of hydrogen-bond acceptors (Lipinski definition) is 4. The molecule has 27 heavy (non-hydrogen) atoms.